The lowest BCUT2D eigenvalue weighted by Gasteiger charge is -2.50. The number of fused-ring (bicyclic) bond motifs is 10. The molecule has 16 saturated heterocycles. The third-order valence-electron chi connectivity index (χ3n) is 21.6. The lowest BCUT2D eigenvalue weighted by molar-refractivity contribution is -0.347. The van der Waals surface area contributed by atoms with Crippen LogP contribution in [0.4, 0.5) is 0 Å². The van der Waals surface area contributed by atoms with Gasteiger partial charge in [-0.1, -0.05) is 40.9 Å². The lowest BCUT2D eigenvalue weighted by atomic mass is 9.79. The molecule has 0 aromatic carbocycles. The van der Waals surface area contributed by atoms with Gasteiger partial charge in [-0.05, 0) is 80.3 Å². The Balaban J connectivity index is 0.663. The number of ether oxygens (including phenoxy) is 15. The van der Waals surface area contributed by atoms with Gasteiger partial charge in [-0.3, -0.25) is 4.79 Å². The number of rotatable bonds is 3. The first kappa shape index (κ1) is 52.1. The van der Waals surface area contributed by atoms with Crippen LogP contribution in [0.5, 0.6) is 0 Å². The molecule has 16 aliphatic rings. The minimum absolute atomic E-state index is 0.0111. The SMILES string of the molecule is C=C1C[C@@H]2CC[C@@]34CC5O[C@H]6[C@@H](O3)[C@H]3O[C@H](CC[C@@H]3O[C@H]6[C@H]5O4)CC(=O)O[C@@H]3[C@@H](C)[C@@H]4O[C@@H]5C[C@]6(C[C@@H]7O[C@]8(C[C@H](C)[C@@H]9O[C@H]([C@@H](O)CCO)C[C@@H]9O8)C[C@H](C)[C@@H]7O6)O[C@@H]5C[C@@H]4O[C@H]3C[C@H]3O[C@@H](CC[C@@H]1O2)C[C@@H](C)C3=C. The van der Waals surface area contributed by atoms with E-state index in [1.54, 1.807) is 0 Å². The van der Waals surface area contributed by atoms with Gasteiger partial charge in [0.05, 0.1) is 116 Å². The van der Waals surface area contributed by atoms with Crippen LogP contribution in [0.1, 0.15) is 143 Å². The molecule has 3 spiro atoms. The van der Waals surface area contributed by atoms with Gasteiger partial charge in [0, 0.05) is 70.3 Å². The average Bonchev–Trinajstić information content (AvgIpc) is 4.23. The fourth-order valence-corrected chi connectivity index (χ4v) is 18.0. The fraction of sp³-hybridized carbons (Fsp3) is 0.915. The number of hydrogen-bond donors (Lipinski definition) is 2. The number of aliphatic hydroxyl groups is 2. The van der Waals surface area contributed by atoms with E-state index in [9.17, 15) is 15.0 Å². The first-order chi connectivity index (χ1) is 37.1. The van der Waals surface area contributed by atoms with E-state index in [2.05, 4.69) is 40.9 Å². The Morgan fingerprint density at radius 1 is 0.506 bits per heavy atom. The molecule has 0 saturated carbocycles. The van der Waals surface area contributed by atoms with E-state index in [1.165, 1.54) is 0 Å². The topological polar surface area (TPSA) is 196 Å². The van der Waals surface area contributed by atoms with Crippen LogP contribution in [0, 0.1) is 23.7 Å². The van der Waals surface area contributed by atoms with Crippen molar-refractivity contribution in [3.8, 4) is 0 Å². The molecule has 12 bridgehead atoms. The molecule has 77 heavy (non-hydrogen) atoms. The minimum atomic E-state index is -0.900. The van der Waals surface area contributed by atoms with Crippen LogP contribution in [-0.4, -0.2) is 187 Å². The maximum atomic E-state index is 14.6. The summed E-state index contributed by atoms with van der Waals surface area (Å²) >= 11 is 0. The van der Waals surface area contributed by atoms with Gasteiger partial charge in [-0.2, -0.15) is 0 Å². The highest BCUT2D eigenvalue weighted by atomic mass is 16.8. The molecule has 18 nitrogen and oxygen atoms in total. The van der Waals surface area contributed by atoms with E-state index in [0.29, 0.717) is 64.2 Å². The van der Waals surface area contributed by atoms with Crippen molar-refractivity contribution in [1.29, 1.82) is 0 Å². The zero-order valence-electron chi connectivity index (χ0n) is 45.4. The number of carbonyl (C=O) groups is 1. The van der Waals surface area contributed by atoms with Gasteiger partial charge in [0.25, 0.3) is 0 Å². The molecular formula is C59H84O18. The third-order valence-corrected chi connectivity index (χ3v) is 21.6. The summed E-state index contributed by atoms with van der Waals surface area (Å²) < 4.78 is 104. The molecule has 0 aromatic rings. The molecule has 16 heterocycles. The molecule has 18 heteroatoms. The van der Waals surface area contributed by atoms with Crippen molar-refractivity contribution in [3.05, 3.63) is 24.3 Å². The second-order valence-corrected chi connectivity index (χ2v) is 27.0. The van der Waals surface area contributed by atoms with Crippen LogP contribution in [0.15, 0.2) is 24.3 Å². The van der Waals surface area contributed by atoms with Crippen molar-refractivity contribution >= 4 is 5.97 Å². The number of carbonyl (C=O) groups excluding carboxylic acids is 1. The molecule has 2 N–H and O–H groups in total. The Labute approximate surface area is 452 Å². The maximum Gasteiger partial charge on any atom is 0.308 e. The second kappa shape index (κ2) is 19.4. The summed E-state index contributed by atoms with van der Waals surface area (Å²) in [6, 6.07) is 0. The van der Waals surface area contributed by atoms with Crippen molar-refractivity contribution in [1.82, 2.24) is 0 Å². The zero-order chi connectivity index (χ0) is 52.4. The van der Waals surface area contributed by atoms with E-state index in [1.807, 2.05) is 0 Å². The zero-order valence-corrected chi connectivity index (χ0v) is 45.4. The summed E-state index contributed by atoms with van der Waals surface area (Å²) in [6.45, 7) is 17.8. The molecule has 428 valence electrons. The fourth-order valence-electron chi connectivity index (χ4n) is 18.0. The minimum Gasteiger partial charge on any atom is -0.459 e. The van der Waals surface area contributed by atoms with Crippen LogP contribution < -0.4 is 0 Å². The number of aliphatic hydroxyl groups excluding tert-OH is 2. The Hall–Kier alpha value is -1.69. The molecule has 0 radical (unpaired) electrons. The molecule has 31 atom stereocenters. The molecule has 0 aliphatic carbocycles. The van der Waals surface area contributed by atoms with Crippen molar-refractivity contribution < 1.29 is 86.1 Å². The molecular weight excluding hydrogens is 997 g/mol. The van der Waals surface area contributed by atoms with Gasteiger partial charge in [-0.15, -0.1) is 0 Å². The molecule has 16 fully saturated rings. The largest absolute Gasteiger partial charge is 0.459 e. The number of esters is 1. The predicted molar refractivity (Wildman–Crippen MR) is 268 cm³/mol. The van der Waals surface area contributed by atoms with Gasteiger partial charge in [0.2, 0.25) is 0 Å². The van der Waals surface area contributed by atoms with Crippen molar-refractivity contribution in [2.45, 2.75) is 307 Å². The van der Waals surface area contributed by atoms with Gasteiger partial charge < -0.3 is 81.3 Å². The van der Waals surface area contributed by atoms with Gasteiger partial charge >= 0.3 is 5.97 Å². The van der Waals surface area contributed by atoms with Crippen molar-refractivity contribution in [2.24, 2.45) is 23.7 Å². The second-order valence-electron chi connectivity index (χ2n) is 27.0. The van der Waals surface area contributed by atoms with Crippen LogP contribution >= 0.6 is 0 Å². The van der Waals surface area contributed by atoms with E-state index in [-0.39, 0.29) is 165 Å². The first-order valence-corrected chi connectivity index (χ1v) is 30.2. The normalized spacial score (nSPS) is 57.9. The van der Waals surface area contributed by atoms with Crippen LogP contribution in [0.3, 0.4) is 0 Å². The standard InChI is InChI=1S/C59H84O18/c1-26-15-32-7-9-36-27(2)16-34(63-36)11-13-57-24-45-53(76-57)54-55(70-45)56(77-57)52-37(67-54)10-8-33(65-52)17-47(62)71-51-31(6)50-42(66-41(51)18-38(64-32)30(26)5)20-40-44(69-50)23-59(72-40)25-46-49(75-59)29(4)22-58(74-46)21-28(3)48-43(73-58)19-39(68-48)35(61)12-14-60/h26,28-29,31-46,48-56,60-61H,2,5,7-25H2,1,3-4,6H3/t26-,28+,29+,31+,32+,33-,34+,35+,36+,37+,38-,39+,40-,41+,42+,43+,44-,45?,46+,48+,49+,50+,51-,52+,53+,54+,55-,56+,57+,58-,59+/m1/s1. The van der Waals surface area contributed by atoms with Gasteiger partial charge in [-0.25, -0.2) is 0 Å². The summed E-state index contributed by atoms with van der Waals surface area (Å²) in [5.74, 6) is -2.57. The lowest BCUT2D eigenvalue weighted by Crippen LogP contribution is -2.62. The Morgan fingerprint density at radius 2 is 1.18 bits per heavy atom. The highest BCUT2D eigenvalue weighted by Crippen LogP contribution is 2.58. The molecule has 16 rings (SSSR count). The summed E-state index contributed by atoms with van der Waals surface area (Å²) in [5, 5.41) is 20.2. The highest BCUT2D eigenvalue weighted by molar-refractivity contribution is 5.70. The van der Waals surface area contributed by atoms with E-state index >= 15 is 0 Å². The molecule has 16 aliphatic heterocycles. The van der Waals surface area contributed by atoms with Crippen LogP contribution in [-0.2, 0) is 75.8 Å². The highest BCUT2D eigenvalue weighted by Gasteiger charge is 2.70. The first-order valence-electron chi connectivity index (χ1n) is 30.2. The quantitative estimate of drug-likeness (QED) is 0.263. The van der Waals surface area contributed by atoms with E-state index in [4.69, 9.17) is 71.1 Å². The average molecular weight is 1080 g/mol. The van der Waals surface area contributed by atoms with E-state index in [0.717, 1.165) is 49.7 Å². The summed E-state index contributed by atoms with van der Waals surface area (Å²) in [4.78, 5) is 14.6. The number of hydrogen-bond acceptors (Lipinski definition) is 18. The third kappa shape index (κ3) is 8.95. The monoisotopic (exact) mass is 1080 g/mol. The Bertz CT molecular complexity index is 2290. The maximum absolute atomic E-state index is 14.6. The Morgan fingerprint density at radius 3 is 2.04 bits per heavy atom. The van der Waals surface area contributed by atoms with E-state index < -0.39 is 47.9 Å². The van der Waals surface area contributed by atoms with Crippen molar-refractivity contribution in [2.75, 3.05) is 6.61 Å². The van der Waals surface area contributed by atoms with Crippen LogP contribution in [0.2, 0.25) is 0 Å². The van der Waals surface area contributed by atoms with Crippen LogP contribution in [0.25, 0.3) is 0 Å². The smallest absolute Gasteiger partial charge is 0.308 e. The summed E-state index contributed by atoms with van der Waals surface area (Å²) in [7, 11) is 0. The summed E-state index contributed by atoms with van der Waals surface area (Å²) in [5.41, 5.74) is 2.16. The molecule has 0 amide bonds. The molecule has 1 unspecified atom stereocenters. The van der Waals surface area contributed by atoms with Gasteiger partial charge in [0.15, 0.2) is 17.4 Å². The predicted octanol–water partition coefficient (Wildman–Crippen LogP) is 5.56. The Kier molecular flexibility index (Phi) is 13.2. The van der Waals surface area contributed by atoms with Gasteiger partial charge in [0.1, 0.15) is 36.6 Å². The summed E-state index contributed by atoms with van der Waals surface area (Å²) in [6.07, 6.45) is 4.39. The van der Waals surface area contributed by atoms with Crippen molar-refractivity contribution in [3.63, 3.8) is 0 Å². The molecule has 0 aromatic heterocycles.